The van der Waals surface area contributed by atoms with E-state index in [1.807, 2.05) is 29.2 Å². The van der Waals surface area contributed by atoms with Gasteiger partial charge in [-0.1, -0.05) is 19.1 Å². The average Bonchev–Trinajstić information content (AvgIpc) is 3.37. The summed E-state index contributed by atoms with van der Waals surface area (Å²) in [5.41, 5.74) is 1.78. The summed E-state index contributed by atoms with van der Waals surface area (Å²) < 4.78 is 0. The van der Waals surface area contributed by atoms with Crippen LogP contribution in [0.3, 0.4) is 0 Å². The highest BCUT2D eigenvalue weighted by molar-refractivity contribution is 5.94. The van der Waals surface area contributed by atoms with Gasteiger partial charge in [0.15, 0.2) is 0 Å². The first-order valence-corrected chi connectivity index (χ1v) is 8.29. The molecule has 1 aromatic carbocycles. The van der Waals surface area contributed by atoms with Crippen LogP contribution in [0.4, 0.5) is 0 Å². The van der Waals surface area contributed by atoms with Crippen molar-refractivity contribution in [1.29, 1.82) is 0 Å². The van der Waals surface area contributed by atoms with Gasteiger partial charge in [-0.25, -0.2) is 0 Å². The van der Waals surface area contributed by atoms with E-state index in [0.717, 1.165) is 43.5 Å². The van der Waals surface area contributed by atoms with Gasteiger partial charge in [0.2, 0.25) is 5.91 Å². The summed E-state index contributed by atoms with van der Waals surface area (Å²) >= 11 is 0. The largest absolute Gasteiger partial charge is 0.352 e. The molecule has 0 bridgehead atoms. The minimum absolute atomic E-state index is 0.125. The number of benzene rings is 1. The Balaban J connectivity index is 1.55. The number of piperidine rings is 1. The van der Waals surface area contributed by atoms with Crippen LogP contribution in [0.2, 0.25) is 0 Å². The Morgan fingerprint density at radius 1 is 1.18 bits per heavy atom. The molecule has 1 saturated carbocycles. The van der Waals surface area contributed by atoms with Crippen molar-refractivity contribution in [3.63, 3.8) is 0 Å². The molecule has 1 unspecified atom stereocenters. The summed E-state index contributed by atoms with van der Waals surface area (Å²) in [6.45, 7) is 4.47. The van der Waals surface area contributed by atoms with Crippen molar-refractivity contribution in [1.82, 2.24) is 10.2 Å². The van der Waals surface area contributed by atoms with E-state index in [9.17, 15) is 9.59 Å². The zero-order valence-corrected chi connectivity index (χ0v) is 13.2. The van der Waals surface area contributed by atoms with Gasteiger partial charge in [-0.05, 0) is 49.3 Å². The van der Waals surface area contributed by atoms with Crippen molar-refractivity contribution in [2.75, 3.05) is 13.1 Å². The molecule has 1 heterocycles. The highest BCUT2D eigenvalue weighted by Gasteiger charge is 2.29. The molecular formula is C18H24N2O2. The van der Waals surface area contributed by atoms with Gasteiger partial charge in [-0.15, -0.1) is 0 Å². The van der Waals surface area contributed by atoms with E-state index in [4.69, 9.17) is 0 Å². The van der Waals surface area contributed by atoms with Crippen molar-refractivity contribution >= 4 is 11.8 Å². The number of hydrogen-bond donors (Lipinski definition) is 1. The minimum atomic E-state index is 0.125. The molecule has 2 amide bonds. The summed E-state index contributed by atoms with van der Waals surface area (Å²) in [5.74, 6) is 1.11. The highest BCUT2D eigenvalue weighted by atomic mass is 16.2. The maximum Gasteiger partial charge on any atom is 0.253 e. The van der Waals surface area contributed by atoms with Crippen LogP contribution in [0.15, 0.2) is 24.3 Å². The predicted molar refractivity (Wildman–Crippen MR) is 85.3 cm³/mol. The Morgan fingerprint density at radius 2 is 1.91 bits per heavy atom. The quantitative estimate of drug-likeness (QED) is 0.929. The van der Waals surface area contributed by atoms with E-state index in [1.54, 1.807) is 0 Å². The normalized spacial score (nSPS) is 21.5. The summed E-state index contributed by atoms with van der Waals surface area (Å²) in [5, 5.41) is 2.94. The predicted octanol–water partition coefficient (Wildman–Crippen LogP) is 2.58. The zero-order valence-electron chi connectivity index (χ0n) is 13.2. The molecule has 118 valence electrons. The van der Waals surface area contributed by atoms with E-state index in [0.29, 0.717) is 12.5 Å². The molecule has 3 rings (SSSR count). The molecule has 1 aromatic rings. The topological polar surface area (TPSA) is 49.4 Å². The molecule has 4 nitrogen and oxygen atoms in total. The van der Waals surface area contributed by atoms with Crippen LogP contribution in [0.5, 0.6) is 0 Å². The summed E-state index contributed by atoms with van der Waals surface area (Å²) in [7, 11) is 0. The van der Waals surface area contributed by atoms with Crippen molar-refractivity contribution < 1.29 is 9.59 Å². The van der Waals surface area contributed by atoms with E-state index in [-0.39, 0.29) is 17.7 Å². The Hall–Kier alpha value is -1.84. The van der Waals surface area contributed by atoms with Gasteiger partial charge < -0.3 is 10.2 Å². The SMILES string of the molecule is CC1CCCN(C(=O)c2ccc(CNC(=O)C3CC3)cc2)C1. The second-order valence-corrected chi connectivity index (χ2v) is 6.69. The third-order valence-corrected chi connectivity index (χ3v) is 4.56. The first-order chi connectivity index (χ1) is 10.6. The molecular weight excluding hydrogens is 276 g/mol. The second-order valence-electron chi connectivity index (χ2n) is 6.69. The molecule has 0 spiro atoms. The third kappa shape index (κ3) is 3.67. The summed E-state index contributed by atoms with van der Waals surface area (Å²) in [6.07, 6.45) is 4.35. The smallest absolute Gasteiger partial charge is 0.253 e. The lowest BCUT2D eigenvalue weighted by atomic mass is 9.99. The van der Waals surface area contributed by atoms with Crippen LogP contribution in [0.25, 0.3) is 0 Å². The van der Waals surface area contributed by atoms with Crippen LogP contribution in [-0.4, -0.2) is 29.8 Å². The van der Waals surface area contributed by atoms with E-state index >= 15 is 0 Å². The molecule has 1 N–H and O–H groups in total. The maximum atomic E-state index is 12.5. The molecule has 22 heavy (non-hydrogen) atoms. The first-order valence-electron chi connectivity index (χ1n) is 8.29. The van der Waals surface area contributed by atoms with Crippen LogP contribution >= 0.6 is 0 Å². The van der Waals surface area contributed by atoms with Crippen molar-refractivity contribution in [2.24, 2.45) is 11.8 Å². The molecule has 0 aromatic heterocycles. The highest BCUT2D eigenvalue weighted by Crippen LogP contribution is 2.28. The van der Waals surface area contributed by atoms with Gasteiger partial charge >= 0.3 is 0 Å². The fourth-order valence-corrected chi connectivity index (χ4v) is 3.00. The lowest BCUT2D eigenvalue weighted by molar-refractivity contribution is -0.122. The standard InChI is InChI=1S/C18H24N2O2/c1-13-3-2-10-20(12-13)18(22)16-6-4-14(5-7-16)11-19-17(21)15-8-9-15/h4-7,13,15H,2-3,8-12H2,1H3,(H,19,21). The maximum absolute atomic E-state index is 12.5. The number of rotatable bonds is 4. The Kier molecular flexibility index (Phi) is 4.46. The van der Waals surface area contributed by atoms with Crippen molar-refractivity contribution in [3.05, 3.63) is 35.4 Å². The van der Waals surface area contributed by atoms with Crippen molar-refractivity contribution in [2.45, 2.75) is 39.2 Å². The summed E-state index contributed by atoms with van der Waals surface area (Å²) in [4.78, 5) is 26.1. The van der Waals surface area contributed by atoms with Crippen LogP contribution in [0.1, 0.15) is 48.5 Å². The molecule has 4 heteroatoms. The molecule has 2 fully saturated rings. The van der Waals surface area contributed by atoms with Crippen molar-refractivity contribution in [3.8, 4) is 0 Å². The average molecular weight is 300 g/mol. The van der Waals surface area contributed by atoms with Crippen LogP contribution < -0.4 is 5.32 Å². The number of likely N-dealkylation sites (tertiary alicyclic amines) is 1. The van der Waals surface area contributed by atoms with Gasteiger partial charge in [0, 0.05) is 31.1 Å². The van der Waals surface area contributed by atoms with Gasteiger partial charge in [-0.2, -0.15) is 0 Å². The van der Waals surface area contributed by atoms with Gasteiger partial charge in [-0.3, -0.25) is 9.59 Å². The lowest BCUT2D eigenvalue weighted by Gasteiger charge is -2.31. The minimum Gasteiger partial charge on any atom is -0.352 e. The lowest BCUT2D eigenvalue weighted by Crippen LogP contribution is -2.39. The van der Waals surface area contributed by atoms with Crippen LogP contribution in [-0.2, 0) is 11.3 Å². The number of carbonyl (C=O) groups is 2. The summed E-state index contributed by atoms with van der Waals surface area (Å²) in [6, 6.07) is 7.63. The monoisotopic (exact) mass is 300 g/mol. The molecule has 1 saturated heterocycles. The zero-order chi connectivity index (χ0) is 15.5. The van der Waals surface area contributed by atoms with Crippen LogP contribution in [0, 0.1) is 11.8 Å². The van der Waals surface area contributed by atoms with Gasteiger partial charge in [0.25, 0.3) is 5.91 Å². The van der Waals surface area contributed by atoms with E-state index < -0.39 is 0 Å². The molecule has 0 radical (unpaired) electrons. The fourth-order valence-electron chi connectivity index (χ4n) is 3.00. The van der Waals surface area contributed by atoms with Gasteiger partial charge in [0.1, 0.15) is 0 Å². The number of carbonyl (C=O) groups excluding carboxylic acids is 2. The fraction of sp³-hybridized carbons (Fsp3) is 0.556. The van der Waals surface area contributed by atoms with E-state index in [2.05, 4.69) is 12.2 Å². The molecule has 1 atom stereocenters. The first kappa shape index (κ1) is 15.1. The van der Waals surface area contributed by atoms with Gasteiger partial charge in [0.05, 0.1) is 0 Å². The Morgan fingerprint density at radius 3 is 2.55 bits per heavy atom. The molecule has 1 aliphatic heterocycles. The number of amides is 2. The second kappa shape index (κ2) is 6.51. The third-order valence-electron chi connectivity index (χ3n) is 4.56. The Bertz CT molecular complexity index is 549. The number of hydrogen-bond acceptors (Lipinski definition) is 2. The Labute approximate surface area is 131 Å². The number of nitrogens with one attached hydrogen (secondary N) is 1. The van der Waals surface area contributed by atoms with E-state index in [1.165, 1.54) is 6.42 Å². The number of nitrogens with zero attached hydrogens (tertiary/aromatic N) is 1. The molecule has 2 aliphatic rings. The molecule has 1 aliphatic carbocycles.